The fraction of sp³-hybridized carbons (Fsp3) is 0.0833. The Labute approximate surface area is 108 Å². The Bertz CT molecular complexity index is 577. The summed E-state index contributed by atoms with van der Waals surface area (Å²) in [6.07, 6.45) is 1.49. The molecule has 0 fully saturated rings. The molecule has 0 aliphatic carbocycles. The van der Waals surface area contributed by atoms with Crippen molar-refractivity contribution in [2.75, 3.05) is 11.9 Å². The predicted octanol–water partition coefficient (Wildman–Crippen LogP) is 2.88. The van der Waals surface area contributed by atoms with Crippen molar-refractivity contribution in [1.82, 2.24) is 9.97 Å². The van der Waals surface area contributed by atoms with Crippen molar-refractivity contribution in [3.8, 4) is 6.07 Å². The number of anilines is 2. The minimum atomic E-state index is 0.627. The predicted molar refractivity (Wildman–Crippen MR) is 69.0 cm³/mol. The van der Waals surface area contributed by atoms with Crippen LogP contribution < -0.4 is 4.90 Å². The molecule has 0 saturated carbocycles. The maximum Gasteiger partial charge on any atom is 0.137 e. The molecule has 0 N–H and O–H groups in total. The Morgan fingerprint density at radius 1 is 1.29 bits per heavy atom. The van der Waals surface area contributed by atoms with E-state index in [1.807, 2.05) is 36.2 Å². The van der Waals surface area contributed by atoms with Gasteiger partial charge in [0.1, 0.15) is 16.7 Å². The summed E-state index contributed by atoms with van der Waals surface area (Å²) in [5.74, 6) is 0.766. The fourth-order valence-electron chi connectivity index (χ4n) is 1.42. The Morgan fingerprint density at radius 2 is 2.12 bits per heavy atom. The molecule has 0 saturated heterocycles. The molecule has 0 radical (unpaired) electrons. The van der Waals surface area contributed by atoms with E-state index in [0.717, 1.165) is 16.1 Å². The van der Waals surface area contributed by atoms with Gasteiger partial charge >= 0.3 is 0 Å². The molecular formula is C12H9BrN4. The summed E-state index contributed by atoms with van der Waals surface area (Å²) in [7, 11) is 1.89. The van der Waals surface area contributed by atoms with Crippen LogP contribution in [0.3, 0.4) is 0 Å². The lowest BCUT2D eigenvalue weighted by atomic mass is 10.2. The second-order valence-corrected chi connectivity index (χ2v) is 4.23. The number of hydrogen-bond donors (Lipinski definition) is 0. The number of nitriles is 1. The standard InChI is InChI=1S/C12H9BrN4/c1-17(12-6-11(13)15-8-16-12)10-4-2-3-9(5-10)7-14/h2-6,8H,1H3. The first kappa shape index (κ1) is 11.6. The van der Waals surface area contributed by atoms with E-state index in [2.05, 4.69) is 32.0 Å². The van der Waals surface area contributed by atoms with Gasteiger partial charge < -0.3 is 4.90 Å². The van der Waals surface area contributed by atoms with E-state index in [1.54, 1.807) is 6.07 Å². The molecular weight excluding hydrogens is 280 g/mol. The first-order valence-electron chi connectivity index (χ1n) is 4.92. The zero-order chi connectivity index (χ0) is 12.3. The number of aromatic nitrogens is 2. The molecule has 5 heteroatoms. The van der Waals surface area contributed by atoms with Crippen molar-refractivity contribution in [3.63, 3.8) is 0 Å². The van der Waals surface area contributed by atoms with Crippen LogP contribution in [0.15, 0.2) is 41.3 Å². The minimum absolute atomic E-state index is 0.627. The van der Waals surface area contributed by atoms with Crippen LogP contribution in [0.25, 0.3) is 0 Å². The van der Waals surface area contributed by atoms with Crippen molar-refractivity contribution >= 4 is 27.4 Å². The monoisotopic (exact) mass is 288 g/mol. The van der Waals surface area contributed by atoms with Crippen LogP contribution in [0.1, 0.15) is 5.56 Å². The number of halogens is 1. The summed E-state index contributed by atoms with van der Waals surface area (Å²) < 4.78 is 0.728. The molecule has 0 bridgehead atoms. The molecule has 0 amide bonds. The molecule has 1 aromatic carbocycles. The molecule has 0 unspecified atom stereocenters. The quantitative estimate of drug-likeness (QED) is 0.798. The molecule has 4 nitrogen and oxygen atoms in total. The largest absolute Gasteiger partial charge is 0.329 e. The van der Waals surface area contributed by atoms with E-state index < -0.39 is 0 Å². The maximum absolute atomic E-state index is 8.86. The number of benzene rings is 1. The van der Waals surface area contributed by atoms with Crippen LogP contribution in [0, 0.1) is 11.3 Å². The molecule has 0 aliphatic heterocycles. The molecule has 2 aromatic rings. The fourth-order valence-corrected chi connectivity index (χ4v) is 1.72. The van der Waals surface area contributed by atoms with Crippen LogP contribution in [-0.2, 0) is 0 Å². The molecule has 17 heavy (non-hydrogen) atoms. The summed E-state index contributed by atoms with van der Waals surface area (Å²) in [5, 5.41) is 8.86. The molecule has 0 spiro atoms. The van der Waals surface area contributed by atoms with Crippen molar-refractivity contribution in [2.24, 2.45) is 0 Å². The van der Waals surface area contributed by atoms with Gasteiger partial charge in [-0.25, -0.2) is 9.97 Å². The van der Waals surface area contributed by atoms with E-state index in [1.165, 1.54) is 6.33 Å². The Balaban J connectivity index is 2.37. The molecule has 2 rings (SSSR count). The highest BCUT2D eigenvalue weighted by molar-refractivity contribution is 9.10. The summed E-state index contributed by atoms with van der Waals surface area (Å²) in [5.41, 5.74) is 1.54. The van der Waals surface area contributed by atoms with E-state index in [4.69, 9.17) is 5.26 Å². The van der Waals surface area contributed by atoms with Gasteiger partial charge in [-0.15, -0.1) is 0 Å². The van der Waals surface area contributed by atoms with Crippen molar-refractivity contribution in [3.05, 3.63) is 46.8 Å². The second-order valence-electron chi connectivity index (χ2n) is 3.42. The third kappa shape index (κ3) is 2.60. The van der Waals surface area contributed by atoms with Gasteiger partial charge in [0.15, 0.2) is 0 Å². The third-order valence-corrected chi connectivity index (χ3v) is 2.76. The first-order chi connectivity index (χ1) is 8.20. The Morgan fingerprint density at radius 3 is 2.82 bits per heavy atom. The van der Waals surface area contributed by atoms with Crippen LogP contribution in [0.5, 0.6) is 0 Å². The van der Waals surface area contributed by atoms with E-state index in [-0.39, 0.29) is 0 Å². The molecule has 1 heterocycles. The number of hydrogen-bond acceptors (Lipinski definition) is 4. The van der Waals surface area contributed by atoms with Crippen LogP contribution in [-0.4, -0.2) is 17.0 Å². The van der Waals surface area contributed by atoms with Crippen molar-refractivity contribution < 1.29 is 0 Å². The number of rotatable bonds is 2. The van der Waals surface area contributed by atoms with Crippen LogP contribution in [0.2, 0.25) is 0 Å². The van der Waals surface area contributed by atoms with Gasteiger partial charge in [0.05, 0.1) is 11.6 Å². The zero-order valence-corrected chi connectivity index (χ0v) is 10.7. The lowest BCUT2D eigenvalue weighted by Gasteiger charge is -2.18. The van der Waals surface area contributed by atoms with Gasteiger partial charge in [-0.2, -0.15) is 5.26 Å². The summed E-state index contributed by atoms with van der Waals surface area (Å²) in [6.45, 7) is 0. The van der Waals surface area contributed by atoms with Gasteiger partial charge in [0, 0.05) is 18.8 Å². The van der Waals surface area contributed by atoms with Crippen LogP contribution >= 0.6 is 15.9 Å². The summed E-state index contributed by atoms with van der Waals surface area (Å²) in [4.78, 5) is 10.0. The molecule has 0 atom stereocenters. The lowest BCUT2D eigenvalue weighted by molar-refractivity contribution is 1.06. The van der Waals surface area contributed by atoms with Gasteiger partial charge in [0.2, 0.25) is 0 Å². The number of nitrogens with zero attached hydrogens (tertiary/aromatic N) is 4. The first-order valence-corrected chi connectivity index (χ1v) is 5.71. The second kappa shape index (κ2) is 4.93. The normalized spacial score (nSPS) is 9.71. The topological polar surface area (TPSA) is 52.8 Å². The third-order valence-electron chi connectivity index (χ3n) is 2.33. The van der Waals surface area contributed by atoms with E-state index in [9.17, 15) is 0 Å². The highest BCUT2D eigenvalue weighted by atomic mass is 79.9. The van der Waals surface area contributed by atoms with Crippen molar-refractivity contribution in [2.45, 2.75) is 0 Å². The zero-order valence-electron chi connectivity index (χ0n) is 9.13. The van der Waals surface area contributed by atoms with Crippen LogP contribution in [0.4, 0.5) is 11.5 Å². The van der Waals surface area contributed by atoms with Gasteiger partial charge in [0.25, 0.3) is 0 Å². The maximum atomic E-state index is 8.86. The smallest absolute Gasteiger partial charge is 0.137 e. The highest BCUT2D eigenvalue weighted by Gasteiger charge is 2.06. The van der Waals surface area contributed by atoms with Gasteiger partial charge in [-0.1, -0.05) is 6.07 Å². The molecule has 1 aromatic heterocycles. The van der Waals surface area contributed by atoms with Gasteiger partial charge in [-0.05, 0) is 34.1 Å². The van der Waals surface area contributed by atoms with E-state index in [0.29, 0.717) is 5.56 Å². The Hall–Kier alpha value is -1.93. The minimum Gasteiger partial charge on any atom is -0.329 e. The highest BCUT2D eigenvalue weighted by Crippen LogP contribution is 2.23. The van der Waals surface area contributed by atoms with Crippen molar-refractivity contribution in [1.29, 1.82) is 5.26 Å². The Kier molecular flexibility index (Phi) is 3.35. The SMILES string of the molecule is CN(c1cccc(C#N)c1)c1cc(Br)ncn1. The van der Waals surface area contributed by atoms with Gasteiger partial charge in [-0.3, -0.25) is 0 Å². The molecule has 84 valence electrons. The average Bonchev–Trinajstić information content (AvgIpc) is 2.38. The molecule has 0 aliphatic rings. The lowest BCUT2D eigenvalue weighted by Crippen LogP contribution is -2.11. The van der Waals surface area contributed by atoms with E-state index >= 15 is 0 Å². The summed E-state index contributed by atoms with van der Waals surface area (Å²) in [6, 6.07) is 11.3. The average molecular weight is 289 g/mol. The summed E-state index contributed by atoms with van der Waals surface area (Å²) >= 11 is 3.30.